The van der Waals surface area contributed by atoms with Gasteiger partial charge in [0.1, 0.15) is 5.75 Å². The molecular formula is C18H17N3O2. The van der Waals surface area contributed by atoms with E-state index in [4.69, 9.17) is 4.74 Å². The number of ether oxygens (including phenoxy) is 1. The van der Waals surface area contributed by atoms with Crippen LogP contribution >= 0.6 is 0 Å². The van der Waals surface area contributed by atoms with Crippen molar-refractivity contribution in [1.82, 2.24) is 10.3 Å². The van der Waals surface area contributed by atoms with E-state index < -0.39 is 0 Å². The van der Waals surface area contributed by atoms with Crippen molar-refractivity contribution in [3.8, 4) is 5.75 Å². The number of hydrogen-bond acceptors (Lipinski definition) is 3. The van der Waals surface area contributed by atoms with Crippen LogP contribution in [0.3, 0.4) is 0 Å². The van der Waals surface area contributed by atoms with Gasteiger partial charge in [0.2, 0.25) is 0 Å². The number of carbonyl (C=O) groups excluding carboxylic acids is 1. The lowest BCUT2D eigenvalue weighted by Gasteiger charge is -2.10. The van der Waals surface area contributed by atoms with E-state index in [1.165, 1.54) is 0 Å². The predicted molar refractivity (Wildman–Crippen MR) is 90.6 cm³/mol. The van der Waals surface area contributed by atoms with Crippen LogP contribution in [0.15, 0.2) is 60.8 Å². The summed E-state index contributed by atoms with van der Waals surface area (Å²) in [5, 5.41) is 6.61. The fraction of sp³-hybridized carbons (Fsp3) is 0.111. The van der Waals surface area contributed by atoms with Crippen molar-refractivity contribution in [3.05, 3.63) is 66.4 Å². The summed E-state index contributed by atoms with van der Waals surface area (Å²) in [6.45, 7) is 0.423. The zero-order valence-electron chi connectivity index (χ0n) is 12.7. The van der Waals surface area contributed by atoms with Crippen molar-refractivity contribution in [2.24, 2.45) is 0 Å². The molecule has 0 aliphatic carbocycles. The maximum atomic E-state index is 12.1. The molecule has 0 saturated heterocycles. The third-order valence-corrected chi connectivity index (χ3v) is 3.48. The first-order valence-corrected chi connectivity index (χ1v) is 7.28. The third kappa shape index (κ3) is 3.58. The van der Waals surface area contributed by atoms with E-state index in [9.17, 15) is 4.79 Å². The van der Waals surface area contributed by atoms with Crippen LogP contribution in [-0.2, 0) is 6.54 Å². The van der Waals surface area contributed by atoms with Crippen LogP contribution < -0.4 is 15.4 Å². The minimum Gasteiger partial charge on any atom is -0.497 e. The van der Waals surface area contributed by atoms with E-state index in [2.05, 4.69) is 15.6 Å². The summed E-state index contributed by atoms with van der Waals surface area (Å²) in [5.74, 6) is 0.768. The van der Waals surface area contributed by atoms with Gasteiger partial charge in [0.15, 0.2) is 0 Å². The van der Waals surface area contributed by atoms with Crippen molar-refractivity contribution in [3.63, 3.8) is 0 Å². The maximum absolute atomic E-state index is 12.1. The largest absolute Gasteiger partial charge is 0.497 e. The normalized spacial score (nSPS) is 10.3. The molecule has 0 atom stereocenters. The minimum atomic E-state index is -0.260. The Morgan fingerprint density at radius 1 is 1.13 bits per heavy atom. The van der Waals surface area contributed by atoms with Gasteiger partial charge in [0.05, 0.1) is 18.3 Å². The Balaban J connectivity index is 1.67. The molecule has 23 heavy (non-hydrogen) atoms. The summed E-state index contributed by atoms with van der Waals surface area (Å²) < 4.78 is 5.17. The molecule has 2 amide bonds. The van der Waals surface area contributed by atoms with E-state index in [1.54, 1.807) is 13.3 Å². The average molecular weight is 307 g/mol. The van der Waals surface area contributed by atoms with E-state index in [0.29, 0.717) is 6.54 Å². The predicted octanol–water partition coefficient (Wildman–Crippen LogP) is 3.57. The van der Waals surface area contributed by atoms with Crippen molar-refractivity contribution in [2.45, 2.75) is 6.54 Å². The molecule has 0 radical (unpaired) electrons. The quantitative estimate of drug-likeness (QED) is 0.774. The molecule has 0 unspecified atom stereocenters. The minimum absolute atomic E-state index is 0.260. The second-order valence-electron chi connectivity index (χ2n) is 5.03. The van der Waals surface area contributed by atoms with E-state index in [-0.39, 0.29) is 6.03 Å². The number of nitrogens with zero attached hydrogens (tertiary/aromatic N) is 1. The summed E-state index contributed by atoms with van der Waals surface area (Å²) in [6, 6.07) is 16.7. The topological polar surface area (TPSA) is 63.2 Å². The van der Waals surface area contributed by atoms with Crippen LogP contribution in [-0.4, -0.2) is 18.1 Å². The number of rotatable bonds is 4. The summed E-state index contributed by atoms with van der Waals surface area (Å²) in [6.07, 6.45) is 1.73. The third-order valence-electron chi connectivity index (χ3n) is 3.48. The highest BCUT2D eigenvalue weighted by atomic mass is 16.5. The molecule has 5 nitrogen and oxygen atoms in total. The van der Waals surface area contributed by atoms with Gasteiger partial charge in [-0.15, -0.1) is 0 Å². The van der Waals surface area contributed by atoms with Gasteiger partial charge in [0, 0.05) is 18.1 Å². The number of nitrogens with one attached hydrogen (secondary N) is 2. The van der Waals surface area contributed by atoms with E-state index >= 15 is 0 Å². The molecule has 0 aliphatic rings. The molecule has 3 rings (SSSR count). The lowest BCUT2D eigenvalue weighted by molar-refractivity contribution is 0.251. The first-order valence-electron chi connectivity index (χ1n) is 7.28. The first-order chi connectivity index (χ1) is 11.3. The Bertz CT molecular complexity index is 828. The monoisotopic (exact) mass is 307 g/mol. The molecule has 2 N–H and O–H groups in total. The number of fused-ring (bicyclic) bond motifs is 1. The lowest BCUT2D eigenvalue weighted by atomic mass is 10.2. The maximum Gasteiger partial charge on any atom is 0.319 e. The molecule has 1 aromatic heterocycles. The van der Waals surface area contributed by atoms with Gasteiger partial charge >= 0.3 is 6.03 Å². The number of pyridine rings is 1. The van der Waals surface area contributed by atoms with Gasteiger partial charge in [-0.05, 0) is 42.0 Å². The molecule has 1 heterocycles. The highest BCUT2D eigenvalue weighted by molar-refractivity contribution is 6.00. The van der Waals surface area contributed by atoms with Gasteiger partial charge in [-0.1, -0.05) is 18.2 Å². The number of carbonyl (C=O) groups is 1. The lowest BCUT2D eigenvalue weighted by Crippen LogP contribution is -2.28. The summed E-state index contributed by atoms with van der Waals surface area (Å²) >= 11 is 0. The molecule has 0 spiro atoms. The molecule has 5 heteroatoms. The van der Waals surface area contributed by atoms with Crippen LogP contribution in [0, 0.1) is 0 Å². The molecule has 0 bridgehead atoms. The number of aromatic nitrogens is 1. The van der Waals surface area contributed by atoms with Crippen LogP contribution in [0.1, 0.15) is 5.56 Å². The standard InChI is InChI=1S/C18H17N3O2/c1-23-14-6-2-5-13(11-14)12-20-18(22)21-17-9-3-8-16-15(17)7-4-10-19-16/h2-11H,12H2,1H3,(H2,20,21,22). The summed E-state index contributed by atoms with van der Waals surface area (Å²) in [4.78, 5) is 16.4. The highest BCUT2D eigenvalue weighted by Gasteiger charge is 2.06. The fourth-order valence-corrected chi connectivity index (χ4v) is 2.34. The fourth-order valence-electron chi connectivity index (χ4n) is 2.34. The first kappa shape index (κ1) is 14.8. The second-order valence-corrected chi connectivity index (χ2v) is 5.03. The number of amides is 2. The van der Waals surface area contributed by atoms with Crippen molar-refractivity contribution >= 4 is 22.6 Å². The van der Waals surface area contributed by atoms with Crippen molar-refractivity contribution < 1.29 is 9.53 Å². The Morgan fingerprint density at radius 2 is 2.00 bits per heavy atom. The number of anilines is 1. The molecule has 0 saturated carbocycles. The van der Waals surface area contributed by atoms with Crippen LogP contribution in [0.2, 0.25) is 0 Å². The summed E-state index contributed by atoms with van der Waals surface area (Å²) in [7, 11) is 1.62. The zero-order chi connectivity index (χ0) is 16.1. The molecule has 0 fully saturated rings. The summed E-state index contributed by atoms with van der Waals surface area (Å²) in [5.41, 5.74) is 2.55. The molecule has 2 aromatic carbocycles. The number of urea groups is 1. The number of benzene rings is 2. The number of hydrogen-bond donors (Lipinski definition) is 2. The smallest absolute Gasteiger partial charge is 0.319 e. The van der Waals surface area contributed by atoms with Crippen LogP contribution in [0.4, 0.5) is 10.5 Å². The number of methoxy groups -OCH3 is 1. The second kappa shape index (κ2) is 6.79. The average Bonchev–Trinajstić information content (AvgIpc) is 2.60. The highest BCUT2D eigenvalue weighted by Crippen LogP contribution is 2.21. The van der Waals surface area contributed by atoms with Crippen LogP contribution in [0.5, 0.6) is 5.75 Å². The SMILES string of the molecule is COc1cccc(CNC(=O)Nc2cccc3ncccc23)c1. The van der Waals surface area contributed by atoms with Gasteiger partial charge in [-0.2, -0.15) is 0 Å². The van der Waals surface area contributed by atoms with Gasteiger partial charge in [-0.3, -0.25) is 4.98 Å². The Kier molecular flexibility index (Phi) is 4.38. The Morgan fingerprint density at radius 3 is 2.87 bits per heavy atom. The van der Waals surface area contributed by atoms with Crippen molar-refractivity contribution in [2.75, 3.05) is 12.4 Å². The van der Waals surface area contributed by atoms with E-state index in [1.807, 2.05) is 54.6 Å². The van der Waals surface area contributed by atoms with Gasteiger partial charge in [0.25, 0.3) is 0 Å². The van der Waals surface area contributed by atoms with Crippen molar-refractivity contribution in [1.29, 1.82) is 0 Å². The molecular weight excluding hydrogens is 290 g/mol. The molecule has 116 valence electrons. The Hall–Kier alpha value is -3.08. The van der Waals surface area contributed by atoms with Gasteiger partial charge in [-0.25, -0.2) is 4.79 Å². The molecule has 3 aromatic rings. The van der Waals surface area contributed by atoms with Crippen LogP contribution in [0.25, 0.3) is 10.9 Å². The molecule has 0 aliphatic heterocycles. The van der Waals surface area contributed by atoms with E-state index in [0.717, 1.165) is 27.9 Å². The zero-order valence-corrected chi connectivity index (χ0v) is 12.7. The van der Waals surface area contributed by atoms with Gasteiger partial charge < -0.3 is 15.4 Å². The Labute approximate surface area is 134 Å².